The van der Waals surface area contributed by atoms with Gasteiger partial charge in [0.05, 0.1) is 6.61 Å². The van der Waals surface area contributed by atoms with Crippen molar-refractivity contribution in [2.75, 3.05) is 13.2 Å². The van der Waals surface area contributed by atoms with E-state index in [1.54, 1.807) is 11.4 Å². The standard InChI is InChI=1S/C17H20N2O6/c1-3-23-13-8-12-6-10(2)25-14(12)7-11(13)4-5-16(21)24-9-15(20)19-17(18)22/h4-5,7-8,10H,3,6,9H2,1-2H3,(H3,18,19,20,22)/b5-4+/t10-/m0/s1. The zero-order valence-electron chi connectivity index (χ0n) is 14.0. The monoisotopic (exact) mass is 348 g/mol. The number of rotatable bonds is 6. The summed E-state index contributed by atoms with van der Waals surface area (Å²) in [6.07, 6.45) is 3.58. The molecule has 0 saturated carbocycles. The fraction of sp³-hybridized carbons (Fsp3) is 0.353. The molecule has 25 heavy (non-hydrogen) atoms. The molecule has 0 aromatic heterocycles. The molecule has 134 valence electrons. The lowest BCUT2D eigenvalue weighted by Gasteiger charge is -2.10. The van der Waals surface area contributed by atoms with E-state index >= 15 is 0 Å². The summed E-state index contributed by atoms with van der Waals surface area (Å²) in [5, 5.41) is 1.79. The highest BCUT2D eigenvalue weighted by Crippen LogP contribution is 2.35. The molecule has 3 N–H and O–H groups in total. The van der Waals surface area contributed by atoms with Gasteiger partial charge in [-0.15, -0.1) is 0 Å². The average Bonchev–Trinajstić information content (AvgIpc) is 2.89. The van der Waals surface area contributed by atoms with Crippen LogP contribution in [-0.2, 0) is 20.7 Å². The number of benzene rings is 1. The van der Waals surface area contributed by atoms with Gasteiger partial charge in [0.25, 0.3) is 5.91 Å². The molecule has 8 heteroatoms. The number of hydrogen-bond acceptors (Lipinski definition) is 6. The average molecular weight is 348 g/mol. The molecule has 8 nitrogen and oxygen atoms in total. The van der Waals surface area contributed by atoms with Crippen LogP contribution >= 0.6 is 0 Å². The van der Waals surface area contributed by atoms with Crippen LogP contribution in [0, 0.1) is 0 Å². The van der Waals surface area contributed by atoms with E-state index in [1.165, 1.54) is 12.2 Å². The summed E-state index contributed by atoms with van der Waals surface area (Å²) in [6, 6.07) is 2.69. The molecule has 0 fully saturated rings. The Balaban J connectivity index is 2.04. The summed E-state index contributed by atoms with van der Waals surface area (Å²) in [6.45, 7) is 3.72. The number of hydrogen-bond donors (Lipinski definition) is 2. The highest BCUT2D eigenvalue weighted by atomic mass is 16.5. The molecule has 1 aliphatic heterocycles. The smallest absolute Gasteiger partial charge is 0.331 e. The van der Waals surface area contributed by atoms with E-state index in [-0.39, 0.29) is 6.10 Å². The van der Waals surface area contributed by atoms with E-state index in [9.17, 15) is 14.4 Å². The first-order chi connectivity index (χ1) is 11.9. The zero-order chi connectivity index (χ0) is 18.4. The molecular formula is C17H20N2O6. The largest absolute Gasteiger partial charge is 0.493 e. The molecule has 1 aromatic rings. The maximum absolute atomic E-state index is 11.7. The van der Waals surface area contributed by atoms with Crippen LogP contribution in [0.5, 0.6) is 11.5 Å². The fourth-order valence-electron chi connectivity index (χ4n) is 2.38. The summed E-state index contributed by atoms with van der Waals surface area (Å²) in [5.74, 6) is -0.152. The van der Waals surface area contributed by atoms with Gasteiger partial charge < -0.3 is 19.9 Å². The van der Waals surface area contributed by atoms with E-state index in [4.69, 9.17) is 19.9 Å². The first-order valence-electron chi connectivity index (χ1n) is 7.79. The maximum atomic E-state index is 11.7. The molecule has 0 saturated heterocycles. The lowest BCUT2D eigenvalue weighted by molar-refractivity contribution is -0.143. The zero-order valence-corrected chi connectivity index (χ0v) is 14.0. The van der Waals surface area contributed by atoms with Crippen molar-refractivity contribution in [3.05, 3.63) is 29.3 Å². The van der Waals surface area contributed by atoms with Crippen molar-refractivity contribution >= 4 is 24.0 Å². The van der Waals surface area contributed by atoms with Gasteiger partial charge in [0.15, 0.2) is 6.61 Å². The second kappa shape index (κ2) is 8.18. The molecule has 2 rings (SSSR count). The van der Waals surface area contributed by atoms with E-state index in [2.05, 4.69) is 0 Å². The Labute approximate surface area is 144 Å². The second-order valence-electron chi connectivity index (χ2n) is 5.42. The van der Waals surface area contributed by atoms with Crippen molar-refractivity contribution in [3.63, 3.8) is 0 Å². The van der Waals surface area contributed by atoms with E-state index in [0.717, 1.165) is 17.7 Å². The highest BCUT2D eigenvalue weighted by molar-refractivity contribution is 5.96. The number of esters is 1. The van der Waals surface area contributed by atoms with Gasteiger partial charge >= 0.3 is 12.0 Å². The van der Waals surface area contributed by atoms with Crippen molar-refractivity contribution in [2.45, 2.75) is 26.4 Å². The van der Waals surface area contributed by atoms with Gasteiger partial charge in [-0.25, -0.2) is 9.59 Å². The quantitative estimate of drug-likeness (QED) is 0.588. The minimum absolute atomic E-state index is 0.0949. The number of nitrogens with one attached hydrogen (secondary N) is 1. The molecule has 0 aliphatic carbocycles. The molecule has 0 unspecified atom stereocenters. The SMILES string of the molecule is CCOc1cc2c(cc1/C=C/C(=O)OCC(=O)NC(N)=O)O[C@@H](C)C2. The van der Waals surface area contributed by atoms with Crippen molar-refractivity contribution in [1.82, 2.24) is 5.32 Å². The van der Waals surface area contributed by atoms with Crippen LogP contribution in [0.3, 0.4) is 0 Å². The third kappa shape index (κ3) is 5.23. The predicted octanol–water partition coefficient (Wildman–Crippen LogP) is 1.16. The maximum Gasteiger partial charge on any atom is 0.331 e. The normalized spacial score (nSPS) is 15.4. The molecule has 1 atom stereocenters. The molecule has 1 aliphatic rings. The molecule has 1 aromatic carbocycles. The van der Waals surface area contributed by atoms with Crippen LogP contribution in [0.25, 0.3) is 6.08 Å². The molecule has 0 bridgehead atoms. The van der Waals surface area contributed by atoms with Crippen molar-refractivity contribution < 1.29 is 28.6 Å². The highest BCUT2D eigenvalue weighted by Gasteiger charge is 2.21. The van der Waals surface area contributed by atoms with Crippen LogP contribution in [0.2, 0.25) is 0 Å². The topological polar surface area (TPSA) is 117 Å². The number of imide groups is 1. The van der Waals surface area contributed by atoms with Gasteiger partial charge in [-0.2, -0.15) is 0 Å². The Morgan fingerprint density at radius 3 is 2.84 bits per heavy atom. The van der Waals surface area contributed by atoms with Crippen molar-refractivity contribution in [1.29, 1.82) is 0 Å². The number of carbonyl (C=O) groups excluding carboxylic acids is 3. The Hall–Kier alpha value is -3.03. The Morgan fingerprint density at radius 2 is 2.16 bits per heavy atom. The molecule has 0 spiro atoms. The number of nitrogens with two attached hydrogens (primary N) is 1. The van der Waals surface area contributed by atoms with E-state index in [1.807, 2.05) is 19.9 Å². The number of carbonyl (C=O) groups is 3. The van der Waals surface area contributed by atoms with Crippen LogP contribution in [0.4, 0.5) is 4.79 Å². The van der Waals surface area contributed by atoms with Gasteiger partial charge in [-0.05, 0) is 32.1 Å². The third-order valence-corrected chi connectivity index (χ3v) is 3.34. The summed E-state index contributed by atoms with van der Waals surface area (Å²) in [5.41, 5.74) is 6.50. The summed E-state index contributed by atoms with van der Waals surface area (Å²) in [4.78, 5) is 33.4. The van der Waals surface area contributed by atoms with E-state index in [0.29, 0.717) is 17.9 Å². The van der Waals surface area contributed by atoms with Gasteiger partial charge in [0.1, 0.15) is 17.6 Å². The second-order valence-corrected chi connectivity index (χ2v) is 5.42. The Kier molecular flexibility index (Phi) is 5.99. The summed E-state index contributed by atoms with van der Waals surface area (Å²) in [7, 11) is 0. The molecular weight excluding hydrogens is 328 g/mol. The summed E-state index contributed by atoms with van der Waals surface area (Å²) >= 11 is 0. The van der Waals surface area contributed by atoms with Gasteiger partial charge in [0, 0.05) is 23.6 Å². The third-order valence-electron chi connectivity index (χ3n) is 3.34. The molecule has 3 amide bonds. The molecule has 1 heterocycles. The lowest BCUT2D eigenvalue weighted by atomic mass is 10.1. The Morgan fingerprint density at radius 1 is 1.40 bits per heavy atom. The number of amides is 3. The number of primary amides is 1. The van der Waals surface area contributed by atoms with Crippen LogP contribution in [0.15, 0.2) is 18.2 Å². The molecule has 0 radical (unpaired) electrons. The van der Waals surface area contributed by atoms with Crippen LogP contribution in [-0.4, -0.2) is 37.2 Å². The lowest BCUT2D eigenvalue weighted by Crippen LogP contribution is -2.37. The van der Waals surface area contributed by atoms with Gasteiger partial charge in [-0.3, -0.25) is 10.1 Å². The minimum Gasteiger partial charge on any atom is -0.493 e. The summed E-state index contributed by atoms with van der Waals surface area (Å²) < 4.78 is 16.0. The number of urea groups is 1. The predicted molar refractivity (Wildman–Crippen MR) is 89.1 cm³/mol. The first kappa shape index (κ1) is 18.3. The van der Waals surface area contributed by atoms with Crippen LogP contribution in [0.1, 0.15) is 25.0 Å². The number of fused-ring (bicyclic) bond motifs is 1. The van der Waals surface area contributed by atoms with Crippen molar-refractivity contribution in [2.24, 2.45) is 5.73 Å². The van der Waals surface area contributed by atoms with Crippen LogP contribution < -0.4 is 20.5 Å². The first-order valence-corrected chi connectivity index (χ1v) is 7.79. The van der Waals surface area contributed by atoms with Crippen molar-refractivity contribution in [3.8, 4) is 11.5 Å². The minimum atomic E-state index is -1.01. The Bertz CT molecular complexity index is 713. The van der Waals surface area contributed by atoms with Gasteiger partial charge in [-0.1, -0.05) is 0 Å². The fourth-order valence-corrected chi connectivity index (χ4v) is 2.38. The van der Waals surface area contributed by atoms with Gasteiger partial charge in [0.2, 0.25) is 0 Å². The van der Waals surface area contributed by atoms with E-state index < -0.39 is 24.5 Å². The number of ether oxygens (including phenoxy) is 3.